The highest BCUT2D eigenvalue weighted by atomic mass is 16.5. The predicted octanol–water partition coefficient (Wildman–Crippen LogP) is 4.55. The predicted molar refractivity (Wildman–Crippen MR) is 105 cm³/mol. The number of nitrogens with one attached hydrogen (secondary N) is 1. The van der Waals surface area contributed by atoms with Gasteiger partial charge in [-0.1, -0.05) is 24.2 Å². The van der Waals surface area contributed by atoms with Crippen molar-refractivity contribution in [2.24, 2.45) is 0 Å². The van der Waals surface area contributed by atoms with Gasteiger partial charge in [0.05, 0.1) is 11.1 Å². The Hall–Kier alpha value is -3.28. The molecule has 1 aromatic carbocycles. The molecule has 0 fully saturated rings. The molecule has 0 unspecified atom stereocenters. The van der Waals surface area contributed by atoms with Crippen LogP contribution in [-0.2, 0) is 13.0 Å². The van der Waals surface area contributed by atoms with Gasteiger partial charge in [-0.3, -0.25) is 4.98 Å². The summed E-state index contributed by atoms with van der Waals surface area (Å²) in [6, 6.07) is 12.3. The fraction of sp³-hybridized carbons (Fsp3) is 0.238. The molecule has 0 atom stereocenters. The van der Waals surface area contributed by atoms with E-state index in [0.717, 1.165) is 40.7 Å². The molecule has 4 aromatic rings. The van der Waals surface area contributed by atoms with Crippen LogP contribution in [0, 0.1) is 6.92 Å². The normalized spacial score (nSPS) is 11.0. The molecule has 136 valence electrons. The van der Waals surface area contributed by atoms with Gasteiger partial charge in [0.1, 0.15) is 5.82 Å². The number of rotatable bonds is 6. The fourth-order valence-corrected chi connectivity index (χ4v) is 2.95. The lowest BCUT2D eigenvalue weighted by Crippen LogP contribution is -2.04. The van der Waals surface area contributed by atoms with Gasteiger partial charge >= 0.3 is 0 Å². The van der Waals surface area contributed by atoms with Gasteiger partial charge in [0, 0.05) is 30.7 Å². The summed E-state index contributed by atoms with van der Waals surface area (Å²) >= 11 is 0. The maximum atomic E-state index is 5.38. The minimum atomic E-state index is 0.561. The summed E-state index contributed by atoms with van der Waals surface area (Å²) in [6.07, 6.45) is 5.30. The summed E-state index contributed by atoms with van der Waals surface area (Å²) in [7, 11) is 0. The first-order valence-corrected chi connectivity index (χ1v) is 9.10. The molecular weight excluding hydrogens is 338 g/mol. The Morgan fingerprint density at radius 3 is 2.70 bits per heavy atom. The molecule has 0 bridgehead atoms. The van der Waals surface area contributed by atoms with Gasteiger partial charge in [-0.15, -0.1) is 0 Å². The summed E-state index contributed by atoms with van der Waals surface area (Å²) in [4.78, 5) is 13.4. The quantitative estimate of drug-likeness (QED) is 0.544. The van der Waals surface area contributed by atoms with E-state index in [1.807, 2.05) is 12.1 Å². The molecule has 0 amide bonds. The van der Waals surface area contributed by atoms with E-state index in [0.29, 0.717) is 18.3 Å². The number of nitrogens with zero attached hydrogens (tertiary/aromatic N) is 4. The van der Waals surface area contributed by atoms with Gasteiger partial charge in [-0.2, -0.15) is 4.98 Å². The highest BCUT2D eigenvalue weighted by molar-refractivity contribution is 5.88. The Morgan fingerprint density at radius 1 is 1.04 bits per heavy atom. The van der Waals surface area contributed by atoms with Crippen LogP contribution in [0.25, 0.3) is 22.3 Å². The Balaban J connectivity index is 1.75. The molecule has 0 aliphatic carbocycles. The fourth-order valence-electron chi connectivity index (χ4n) is 2.95. The number of aromatic nitrogens is 4. The monoisotopic (exact) mass is 359 g/mol. The van der Waals surface area contributed by atoms with Crippen molar-refractivity contribution >= 4 is 16.7 Å². The van der Waals surface area contributed by atoms with Gasteiger partial charge in [0.2, 0.25) is 11.7 Å². The zero-order chi connectivity index (χ0) is 18.6. The van der Waals surface area contributed by atoms with Gasteiger partial charge in [0.15, 0.2) is 0 Å². The highest BCUT2D eigenvalue weighted by Crippen LogP contribution is 2.29. The average Bonchev–Trinajstić information content (AvgIpc) is 3.15. The Labute approximate surface area is 157 Å². The summed E-state index contributed by atoms with van der Waals surface area (Å²) < 4.78 is 5.38. The van der Waals surface area contributed by atoms with Crippen molar-refractivity contribution in [1.82, 2.24) is 20.1 Å². The maximum Gasteiger partial charge on any atom is 0.226 e. The second-order valence-corrected chi connectivity index (χ2v) is 6.55. The van der Waals surface area contributed by atoms with Crippen LogP contribution in [0.2, 0.25) is 0 Å². The molecule has 0 spiro atoms. The van der Waals surface area contributed by atoms with Crippen LogP contribution in [0.15, 0.2) is 53.3 Å². The van der Waals surface area contributed by atoms with E-state index in [1.165, 1.54) is 5.56 Å². The van der Waals surface area contributed by atoms with Crippen LogP contribution in [0.5, 0.6) is 0 Å². The number of hydrogen-bond donors (Lipinski definition) is 1. The van der Waals surface area contributed by atoms with Crippen molar-refractivity contribution in [2.45, 2.75) is 33.2 Å². The number of benzene rings is 1. The second kappa shape index (κ2) is 7.53. The zero-order valence-electron chi connectivity index (χ0n) is 15.4. The lowest BCUT2D eigenvalue weighted by Gasteiger charge is -2.11. The van der Waals surface area contributed by atoms with Crippen LogP contribution in [0.4, 0.5) is 5.82 Å². The number of fused-ring (bicyclic) bond motifs is 1. The average molecular weight is 359 g/mol. The van der Waals surface area contributed by atoms with Crippen molar-refractivity contribution in [3.63, 3.8) is 0 Å². The molecule has 0 aliphatic rings. The van der Waals surface area contributed by atoms with Crippen molar-refractivity contribution in [3.05, 3.63) is 65.8 Å². The summed E-state index contributed by atoms with van der Waals surface area (Å²) in [6.45, 7) is 4.79. The largest absolute Gasteiger partial charge is 0.365 e. The number of aryl methyl sites for hydroxylation is 2. The van der Waals surface area contributed by atoms with E-state index in [-0.39, 0.29) is 0 Å². The van der Waals surface area contributed by atoms with E-state index in [2.05, 4.69) is 58.6 Å². The molecule has 0 saturated heterocycles. The van der Waals surface area contributed by atoms with Crippen molar-refractivity contribution in [2.75, 3.05) is 5.32 Å². The third-order valence-corrected chi connectivity index (χ3v) is 4.36. The van der Waals surface area contributed by atoms with Crippen molar-refractivity contribution in [1.29, 1.82) is 0 Å². The summed E-state index contributed by atoms with van der Waals surface area (Å²) in [5, 5.41) is 8.64. The third-order valence-electron chi connectivity index (χ3n) is 4.36. The van der Waals surface area contributed by atoms with Crippen molar-refractivity contribution in [3.8, 4) is 11.4 Å². The minimum Gasteiger partial charge on any atom is -0.365 e. The topological polar surface area (TPSA) is 76.7 Å². The molecule has 4 rings (SSSR count). The lowest BCUT2D eigenvalue weighted by atomic mass is 10.1. The molecule has 6 heteroatoms. The molecule has 1 N–H and O–H groups in total. The molecule has 27 heavy (non-hydrogen) atoms. The van der Waals surface area contributed by atoms with Gasteiger partial charge in [0.25, 0.3) is 0 Å². The summed E-state index contributed by atoms with van der Waals surface area (Å²) in [5.41, 5.74) is 4.08. The molecule has 6 nitrogen and oxygen atoms in total. The molecule has 0 radical (unpaired) electrons. The van der Waals surface area contributed by atoms with Crippen LogP contribution in [0.1, 0.15) is 30.4 Å². The summed E-state index contributed by atoms with van der Waals surface area (Å²) in [5.74, 6) is 1.95. The van der Waals surface area contributed by atoms with E-state index >= 15 is 0 Å². The first kappa shape index (κ1) is 17.1. The smallest absolute Gasteiger partial charge is 0.226 e. The van der Waals surface area contributed by atoms with Crippen LogP contribution in [-0.4, -0.2) is 20.1 Å². The van der Waals surface area contributed by atoms with E-state index < -0.39 is 0 Å². The van der Waals surface area contributed by atoms with Crippen molar-refractivity contribution < 1.29 is 4.52 Å². The molecule has 0 saturated carbocycles. The molecule has 3 heterocycles. The van der Waals surface area contributed by atoms with Gasteiger partial charge in [-0.05, 0) is 48.7 Å². The van der Waals surface area contributed by atoms with Crippen LogP contribution in [0.3, 0.4) is 0 Å². The number of anilines is 1. The highest BCUT2D eigenvalue weighted by Gasteiger charge is 2.15. The SMILES string of the molecule is CCCc1nc(-c2cc3ccc(C)cc3nc2NCc2ccncc2)no1. The third kappa shape index (κ3) is 3.79. The van der Waals surface area contributed by atoms with E-state index in [9.17, 15) is 0 Å². The maximum absolute atomic E-state index is 5.38. The van der Waals surface area contributed by atoms with Gasteiger partial charge < -0.3 is 9.84 Å². The second-order valence-electron chi connectivity index (χ2n) is 6.55. The Morgan fingerprint density at radius 2 is 1.89 bits per heavy atom. The first-order chi connectivity index (χ1) is 13.2. The standard InChI is InChI=1S/C21H21N5O/c1-3-4-19-25-21(26-27-19)17-12-16-6-5-14(2)11-18(16)24-20(17)23-13-15-7-9-22-10-8-15/h5-12H,3-4,13H2,1-2H3,(H,23,24). The minimum absolute atomic E-state index is 0.561. The van der Waals surface area contributed by atoms with Crippen LogP contribution < -0.4 is 5.32 Å². The molecule has 3 aromatic heterocycles. The van der Waals surface area contributed by atoms with E-state index in [1.54, 1.807) is 12.4 Å². The Kier molecular flexibility index (Phi) is 4.78. The molecular formula is C21H21N5O. The first-order valence-electron chi connectivity index (χ1n) is 9.10. The zero-order valence-corrected chi connectivity index (χ0v) is 15.4. The Bertz CT molecular complexity index is 1060. The number of hydrogen-bond acceptors (Lipinski definition) is 6. The van der Waals surface area contributed by atoms with E-state index in [4.69, 9.17) is 9.51 Å². The lowest BCUT2D eigenvalue weighted by molar-refractivity contribution is 0.378. The van der Waals surface area contributed by atoms with Crippen LogP contribution >= 0.6 is 0 Å². The molecule has 0 aliphatic heterocycles. The number of pyridine rings is 2. The van der Waals surface area contributed by atoms with Gasteiger partial charge in [-0.25, -0.2) is 4.98 Å².